The second-order valence-corrected chi connectivity index (χ2v) is 5.31. The number of anilines is 1. The minimum absolute atomic E-state index is 0.0208. The van der Waals surface area contributed by atoms with Crippen LogP contribution < -0.4 is 5.32 Å². The number of aliphatic hydroxyl groups is 1. The van der Waals surface area contributed by atoms with Crippen LogP contribution in [-0.2, 0) is 16.2 Å². The Morgan fingerprint density at radius 2 is 2.12 bits per heavy atom. The van der Waals surface area contributed by atoms with Crippen LogP contribution in [0.2, 0.25) is 0 Å². The number of hydrogen-bond donors (Lipinski definition) is 2. The number of nitrogens with one attached hydrogen (secondary N) is 1. The largest absolute Gasteiger partial charge is 0.392 e. The molecule has 0 aromatic heterocycles. The summed E-state index contributed by atoms with van der Waals surface area (Å²) in [5, 5.41) is 15.4. The van der Waals surface area contributed by atoms with Gasteiger partial charge in [0.05, 0.1) is 12.3 Å². The van der Waals surface area contributed by atoms with Crippen molar-refractivity contribution >= 4 is 17.3 Å². The summed E-state index contributed by atoms with van der Waals surface area (Å²) in [5.41, 5.74) is 1.31. The van der Waals surface area contributed by atoms with Crippen molar-refractivity contribution in [2.45, 2.75) is 19.1 Å². The summed E-state index contributed by atoms with van der Waals surface area (Å²) in [7, 11) is 0. The molecule has 7 heteroatoms. The Morgan fingerprint density at radius 1 is 1.29 bits per heavy atom. The zero-order valence-corrected chi connectivity index (χ0v) is 12.5. The first-order valence-corrected chi connectivity index (χ1v) is 7.25. The fraction of sp³-hybridized carbons (Fsp3) is 0.176. The highest BCUT2D eigenvalue weighted by atomic mass is 19.1. The predicted molar refractivity (Wildman–Crippen MR) is 83.4 cm³/mol. The van der Waals surface area contributed by atoms with Crippen molar-refractivity contribution in [3.63, 3.8) is 0 Å². The normalized spacial score (nSPS) is 16.5. The van der Waals surface area contributed by atoms with Crippen molar-refractivity contribution in [3.8, 4) is 0 Å². The van der Waals surface area contributed by atoms with Crippen LogP contribution in [0.5, 0.6) is 0 Å². The van der Waals surface area contributed by atoms with Crippen LogP contribution in [0.15, 0.2) is 47.6 Å². The number of hydrogen-bond acceptors (Lipinski definition) is 4. The van der Waals surface area contributed by atoms with Gasteiger partial charge in [-0.1, -0.05) is 17.3 Å². The van der Waals surface area contributed by atoms with Gasteiger partial charge in [-0.05, 0) is 35.9 Å². The van der Waals surface area contributed by atoms with Crippen molar-refractivity contribution in [3.05, 3.63) is 65.2 Å². The summed E-state index contributed by atoms with van der Waals surface area (Å²) in [5.74, 6) is -1.68. The molecule has 2 aromatic carbocycles. The number of benzene rings is 2. The van der Waals surface area contributed by atoms with Crippen LogP contribution in [-0.4, -0.2) is 22.8 Å². The number of amides is 1. The Morgan fingerprint density at radius 3 is 2.92 bits per heavy atom. The van der Waals surface area contributed by atoms with Gasteiger partial charge in [0.25, 0.3) is 5.91 Å². The SMILES string of the molecule is O=C(Nc1cccc(CO)c1)C1CC(c2cc(F)ccc2F)=NO1. The van der Waals surface area contributed by atoms with E-state index in [9.17, 15) is 13.6 Å². The highest BCUT2D eigenvalue weighted by Crippen LogP contribution is 2.21. The molecule has 2 aromatic rings. The molecule has 0 fully saturated rings. The summed E-state index contributed by atoms with van der Waals surface area (Å²) in [6.07, 6.45) is -0.897. The topological polar surface area (TPSA) is 70.9 Å². The molecule has 0 saturated carbocycles. The van der Waals surface area contributed by atoms with Crippen LogP contribution in [0.3, 0.4) is 0 Å². The molecule has 5 nitrogen and oxygen atoms in total. The molecule has 1 aliphatic rings. The Labute approximate surface area is 136 Å². The van der Waals surface area contributed by atoms with Gasteiger partial charge in [-0.2, -0.15) is 0 Å². The molecule has 3 rings (SSSR count). The first kappa shape index (κ1) is 16.1. The number of nitrogens with zero attached hydrogens (tertiary/aromatic N) is 1. The molecule has 1 aliphatic heterocycles. The number of carbonyl (C=O) groups excluding carboxylic acids is 1. The predicted octanol–water partition coefficient (Wildman–Crippen LogP) is 2.59. The van der Waals surface area contributed by atoms with E-state index < -0.39 is 23.6 Å². The minimum Gasteiger partial charge on any atom is -0.392 e. The molecule has 24 heavy (non-hydrogen) atoms. The van der Waals surface area contributed by atoms with Gasteiger partial charge in [0, 0.05) is 17.7 Å². The van der Waals surface area contributed by atoms with E-state index >= 15 is 0 Å². The van der Waals surface area contributed by atoms with Crippen LogP contribution in [0, 0.1) is 11.6 Å². The van der Waals surface area contributed by atoms with Crippen molar-refractivity contribution in [2.24, 2.45) is 5.16 Å². The van der Waals surface area contributed by atoms with E-state index in [0.717, 1.165) is 18.2 Å². The summed E-state index contributed by atoms with van der Waals surface area (Å²) in [6, 6.07) is 9.73. The monoisotopic (exact) mass is 332 g/mol. The third kappa shape index (κ3) is 3.41. The maximum atomic E-state index is 13.8. The Kier molecular flexibility index (Phi) is 4.52. The summed E-state index contributed by atoms with van der Waals surface area (Å²) < 4.78 is 27.0. The highest BCUT2D eigenvalue weighted by molar-refractivity contribution is 6.06. The Hall–Kier alpha value is -2.80. The van der Waals surface area contributed by atoms with Gasteiger partial charge in [-0.3, -0.25) is 4.79 Å². The molecule has 0 spiro atoms. The average Bonchev–Trinajstić information content (AvgIpc) is 3.07. The molecule has 2 N–H and O–H groups in total. The van der Waals surface area contributed by atoms with Crippen molar-refractivity contribution < 1.29 is 23.5 Å². The van der Waals surface area contributed by atoms with Gasteiger partial charge in [-0.15, -0.1) is 0 Å². The van der Waals surface area contributed by atoms with E-state index in [0.29, 0.717) is 11.3 Å². The lowest BCUT2D eigenvalue weighted by molar-refractivity contribution is -0.125. The summed E-state index contributed by atoms with van der Waals surface area (Å²) in [6.45, 7) is -0.143. The van der Waals surface area contributed by atoms with E-state index in [4.69, 9.17) is 9.94 Å². The quantitative estimate of drug-likeness (QED) is 0.904. The molecule has 1 amide bonds. The maximum Gasteiger partial charge on any atom is 0.268 e. The molecule has 0 aliphatic carbocycles. The van der Waals surface area contributed by atoms with E-state index in [1.54, 1.807) is 24.3 Å². The molecule has 124 valence electrons. The standard InChI is InChI=1S/C17H14F2N2O3/c18-11-4-5-14(19)13(7-11)15-8-16(24-21-15)17(23)20-12-3-1-2-10(6-12)9-22/h1-7,16,22H,8-9H2,(H,20,23). The zero-order chi connectivity index (χ0) is 17.1. The molecule has 1 unspecified atom stereocenters. The van der Waals surface area contributed by atoms with E-state index in [2.05, 4.69) is 10.5 Å². The lowest BCUT2D eigenvalue weighted by Crippen LogP contribution is -2.28. The van der Waals surface area contributed by atoms with Crippen LogP contribution >= 0.6 is 0 Å². The number of rotatable bonds is 4. The van der Waals surface area contributed by atoms with Crippen LogP contribution in [0.1, 0.15) is 17.5 Å². The zero-order valence-electron chi connectivity index (χ0n) is 12.5. The minimum atomic E-state index is -0.930. The van der Waals surface area contributed by atoms with E-state index in [1.165, 1.54) is 0 Å². The Bertz CT molecular complexity index is 808. The molecule has 0 bridgehead atoms. The molecule has 0 saturated heterocycles. The van der Waals surface area contributed by atoms with Crippen LogP contribution in [0.25, 0.3) is 0 Å². The van der Waals surface area contributed by atoms with Gasteiger partial charge < -0.3 is 15.3 Å². The van der Waals surface area contributed by atoms with Crippen LogP contribution in [0.4, 0.5) is 14.5 Å². The molecule has 1 heterocycles. The Balaban J connectivity index is 1.68. The van der Waals surface area contributed by atoms with Gasteiger partial charge in [0.2, 0.25) is 6.10 Å². The number of halogens is 2. The number of oxime groups is 1. The first-order chi connectivity index (χ1) is 11.6. The third-order valence-electron chi connectivity index (χ3n) is 3.58. The lowest BCUT2D eigenvalue weighted by atomic mass is 10.0. The van der Waals surface area contributed by atoms with Gasteiger partial charge in [-0.25, -0.2) is 8.78 Å². The van der Waals surface area contributed by atoms with Crippen molar-refractivity contribution in [2.75, 3.05) is 5.32 Å². The second kappa shape index (κ2) is 6.76. The molecular formula is C17H14F2N2O3. The summed E-state index contributed by atoms with van der Waals surface area (Å²) in [4.78, 5) is 17.2. The number of carbonyl (C=O) groups is 1. The number of aliphatic hydroxyl groups excluding tert-OH is 1. The average molecular weight is 332 g/mol. The molecule has 1 atom stereocenters. The lowest BCUT2D eigenvalue weighted by Gasteiger charge is -2.10. The van der Waals surface area contributed by atoms with E-state index in [-0.39, 0.29) is 24.3 Å². The summed E-state index contributed by atoms with van der Waals surface area (Å²) >= 11 is 0. The maximum absolute atomic E-state index is 13.8. The van der Waals surface area contributed by atoms with E-state index in [1.807, 2.05) is 0 Å². The highest BCUT2D eigenvalue weighted by Gasteiger charge is 2.30. The van der Waals surface area contributed by atoms with Gasteiger partial charge in [0.1, 0.15) is 11.6 Å². The third-order valence-corrected chi connectivity index (χ3v) is 3.58. The fourth-order valence-electron chi connectivity index (χ4n) is 2.37. The second-order valence-electron chi connectivity index (χ2n) is 5.31. The van der Waals surface area contributed by atoms with Crippen molar-refractivity contribution in [1.82, 2.24) is 0 Å². The molecule has 0 radical (unpaired) electrons. The van der Waals surface area contributed by atoms with Gasteiger partial charge >= 0.3 is 0 Å². The fourth-order valence-corrected chi connectivity index (χ4v) is 2.37. The van der Waals surface area contributed by atoms with Crippen molar-refractivity contribution in [1.29, 1.82) is 0 Å². The first-order valence-electron chi connectivity index (χ1n) is 7.25. The molecular weight excluding hydrogens is 318 g/mol. The van der Waals surface area contributed by atoms with Gasteiger partial charge in [0.15, 0.2) is 0 Å². The smallest absolute Gasteiger partial charge is 0.268 e.